The standard InChI is InChI=1S/C23H16ClNOS/c24-19-12-10-17(11-13-19)22(26)15-27-23-20-9-5-4-8-18(20)14-21(25-23)16-6-2-1-3-7-16/h1-14H,15H2. The van der Waals surface area contributed by atoms with Crippen molar-refractivity contribution in [1.82, 2.24) is 4.98 Å². The van der Waals surface area contributed by atoms with Crippen LogP contribution in [0.25, 0.3) is 22.0 Å². The van der Waals surface area contributed by atoms with Gasteiger partial charge in [0.1, 0.15) is 5.03 Å². The summed E-state index contributed by atoms with van der Waals surface area (Å²) in [6.45, 7) is 0. The van der Waals surface area contributed by atoms with Crippen LogP contribution < -0.4 is 0 Å². The summed E-state index contributed by atoms with van der Waals surface area (Å²) in [6.07, 6.45) is 0. The predicted molar refractivity (Wildman–Crippen MR) is 114 cm³/mol. The highest BCUT2D eigenvalue weighted by atomic mass is 35.5. The maximum absolute atomic E-state index is 12.5. The van der Waals surface area contributed by atoms with Crippen molar-refractivity contribution in [3.8, 4) is 11.3 Å². The maximum atomic E-state index is 12.5. The Bertz CT molecular complexity index is 1090. The summed E-state index contributed by atoms with van der Waals surface area (Å²) in [5, 5.41) is 3.68. The Hall–Kier alpha value is -2.62. The summed E-state index contributed by atoms with van der Waals surface area (Å²) >= 11 is 7.38. The number of Topliss-reactive ketones (excluding diaryl/α,β-unsaturated/α-hetero) is 1. The van der Waals surface area contributed by atoms with Gasteiger partial charge in [0.15, 0.2) is 5.78 Å². The first-order valence-corrected chi connectivity index (χ1v) is 9.94. The normalized spacial score (nSPS) is 10.9. The average Bonchev–Trinajstić information content (AvgIpc) is 2.72. The fourth-order valence-corrected chi connectivity index (χ4v) is 3.95. The topological polar surface area (TPSA) is 30.0 Å². The van der Waals surface area contributed by atoms with E-state index in [1.807, 2.05) is 48.5 Å². The molecule has 2 nitrogen and oxygen atoms in total. The molecule has 0 aliphatic carbocycles. The molecule has 1 heterocycles. The Kier molecular flexibility index (Phi) is 5.23. The molecule has 1 aromatic heterocycles. The second kappa shape index (κ2) is 7.95. The quantitative estimate of drug-likeness (QED) is 0.287. The zero-order chi connectivity index (χ0) is 18.6. The van der Waals surface area contributed by atoms with Gasteiger partial charge >= 0.3 is 0 Å². The van der Waals surface area contributed by atoms with Crippen LogP contribution in [0.15, 0.2) is 90.0 Å². The summed E-state index contributed by atoms with van der Waals surface area (Å²) in [5.74, 6) is 0.393. The van der Waals surface area contributed by atoms with Crippen molar-refractivity contribution in [2.24, 2.45) is 0 Å². The first-order chi connectivity index (χ1) is 13.2. The summed E-state index contributed by atoms with van der Waals surface area (Å²) in [4.78, 5) is 17.4. The van der Waals surface area contributed by atoms with Crippen LogP contribution in [-0.2, 0) is 0 Å². The summed E-state index contributed by atoms with van der Waals surface area (Å²) in [7, 11) is 0. The molecule has 0 aliphatic heterocycles. The molecule has 0 fully saturated rings. The van der Waals surface area contributed by atoms with E-state index in [9.17, 15) is 4.79 Å². The number of benzene rings is 3. The van der Waals surface area contributed by atoms with Crippen LogP contribution >= 0.6 is 23.4 Å². The minimum atomic E-state index is 0.0626. The molecular weight excluding hydrogens is 374 g/mol. The van der Waals surface area contributed by atoms with Gasteiger partial charge in [-0.15, -0.1) is 0 Å². The SMILES string of the molecule is O=C(CSc1nc(-c2ccccc2)cc2ccccc12)c1ccc(Cl)cc1. The van der Waals surface area contributed by atoms with Crippen LogP contribution in [0.3, 0.4) is 0 Å². The number of hydrogen-bond acceptors (Lipinski definition) is 3. The molecule has 0 unspecified atom stereocenters. The third kappa shape index (κ3) is 4.05. The van der Waals surface area contributed by atoms with Crippen LogP contribution in [0.4, 0.5) is 0 Å². The van der Waals surface area contributed by atoms with Crippen LogP contribution in [-0.4, -0.2) is 16.5 Å². The van der Waals surface area contributed by atoms with Gasteiger partial charge in [-0.1, -0.05) is 78.0 Å². The second-order valence-corrected chi connectivity index (χ2v) is 7.52. The van der Waals surface area contributed by atoms with E-state index in [0.717, 1.165) is 27.1 Å². The lowest BCUT2D eigenvalue weighted by molar-refractivity contribution is 0.102. The van der Waals surface area contributed by atoms with Gasteiger partial charge in [0.2, 0.25) is 0 Å². The van der Waals surface area contributed by atoms with Gasteiger partial charge in [-0.2, -0.15) is 0 Å². The Morgan fingerprint density at radius 2 is 1.59 bits per heavy atom. The highest BCUT2D eigenvalue weighted by molar-refractivity contribution is 8.00. The highest BCUT2D eigenvalue weighted by Gasteiger charge is 2.12. The molecule has 0 amide bonds. The van der Waals surface area contributed by atoms with Crippen molar-refractivity contribution < 1.29 is 4.79 Å². The number of halogens is 1. The number of thioether (sulfide) groups is 1. The van der Waals surface area contributed by atoms with Crippen LogP contribution in [0.2, 0.25) is 5.02 Å². The molecule has 4 rings (SSSR count). The summed E-state index contributed by atoms with van der Waals surface area (Å²) < 4.78 is 0. The fraction of sp³-hybridized carbons (Fsp3) is 0.0435. The van der Waals surface area contributed by atoms with E-state index in [0.29, 0.717) is 16.3 Å². The monoisotopic (exact) mass is 389 g/mol. The molecule has 4 aromatic rings. The van der Waals surface area contributed by atoms with E-state index in [1.165, 1.54) is 11.8 Å². The minimum Gasteiger partial charge on any atom is -0.293 e. The van der Waals surface area contributed by atoms with Crippen LogP contribution in [0.1, 0.15) is 10.4 Å². The number of pyridine rings is 1. The molecule has 27 heavy (non-hydrogen) atoms. The van der Waals surface area contributed by atoms with Crippen molar-refractivity contribution in [1.29, 1.82) is 0 Å². The number of ketones is 1. The molecule has 0 spiro atoms. The van der Waals surface area contributed by atoms with E-state index in [4.69, 9.17) is 16.6 Å². The molecule has 3 aromatic carbocycles. The van der Waals surface area contributed by atoms with E-state index in [-0.39, 0.29) is 5.78 Å². The van der Waals surface area contributed by atoms with Crippen molar-refractivity contribution in [3.05, 3.63) is 95.5 Å². The van der Waals surface area contributed by atoms with Gasteiger partial charge in [-0.3, -0.25) is 4.79 Å². The highest BCUT2D eigenvalue weighted by Crippen LogP contribution is 2.31. The number of carbonyl (C=O) groups is 1. The van der Waals surface area contributed by atoms with Gasteiger partial charge in [-0.05, 0) is 35.7 Å². The maximum Gasteiger partial charge on any atom is 0.173 e. The molecular formula is C23H16ClNOS. The van der Waals surface area contributed by atoms with Crippen LogP contribution in [0, 0.1) is 0 Å². The molecule has 132 valence electrons. The summed E-state index contributed by atoms with van der Waals surface area (Å²) in [6, 6.07) is 27.3. The van der Waals surface area contributed by atoms with E-state index >= 15 is 0 Å². The number of hydrogen-bond donors (Lipinski definition) is 0. The minimum absolute atomic E-state index is 0.0626. The van der Waals surface area contributed by atoms with Crippen molar-refractivity contribution in [2.45, 2.75) is 5.03 Å². The zero-order valence-electron chi connectivity index (χ0n) is 14.4. The van der Waals surface area contributed by atoms with Gasteiger partial charge < -0.3 is 0 Å². The molecule has 0 saturated heterocycles. The zero-order valence-corrected chi connectivity index (χ0v) is 16.0. The first kappa shape index (κ1) is 17.8. The molecule has 0 bridgehead atoms. The van der Waals surface area contributed by atoms with Crippen molar-refractivity contribution in [2.75, 3.05) is 5.75 Å². The molecule has 0 saturated carbocycles. The number of fused-ring (bicyclic) bond motifs is 1. The Morgan fingerprint density at radius 3 is 2.37 bits per heavy atom. The number of nitrogens with zero attached hydrogens (tertiary/aromatic N) is 1. The average molecular weight is 390 g/mol. The van der Waals surface area contributed by atoms with Crippen molar-refractivity contribution in [3.63, 3.8) is 0 Å². The van der Waals surface area contributed by atoms with E-state index in [2.05, 4.69) is 12.1 Å². The Balaban J connectivity index is 1.66. The largest absolute Gasteiger partial charge is 0.293 e. The molecule has 0 aliphatic rings. The molecule has 0 radical (unpaired) electrons. The molecule has 0 atom stereocenters. The van der Waals surface area contributed by atoms with Gasteiger partial charge in [-0.25, -0.2) is 4.98 Å². The third-order valence-corrected chi connectivity index (χ3v) is 5.52. The molecule has 4 heteroatoms. The smallest absolute Gasteiger partial charge is 0.173 e. The second-order valence-electron chi connectivity index (χ2n) is 6.12. The lowest BCUT2D eigenvalue weighted by Gasteiger charge is -2.09. The Morgan fingerprint density at radius 1 is 0.889 bits per heavy atom. The lowest BCUT2D eigenvalue weighted by atomic mass is 10.1. The first-order valence-electron chi connectivity index (χ1n) is 8.57. The van der Waals surface area contributed by atoms with Gasteiger partial charge in [0, 0.05) is 21.5 Å². The number of carbonyl (C=O) groups excluding carboxylic acids is 1. The molecule has 0 N–H and O–H groups in total. The predicted octanol–water partition coefficient (Wildman–Crippen LogP) is 6.53. The van der Waals surface area contributed by atoms with Gasteiger partial charge in [0.25, 0.3) is 0 Å². The number of aromatic nitrogens is 1. The van der Waals surface area contributed by atoms with Gasteiger partial charge in [0.05, 0.1) is 11.4 Å². The summed E-state index contributed by atoms with van der Waals surface area (Å²) in [5.41, 5.74) is 2.64. The fourth-order valence-electron chi connectivity index (χ4n) is 2.89. The Labute approximate surface area is 167 Å². The third-order valence-electron chi connectivity index (χ3n) is 4.28. The van der Waals surface area contributed by atoms with Crippen LogP contribution in [0.5, 0.6) is 0 Å². The lowest BCUT2D eigenvalue weighted by Crippen LogP contribution is -2.02. The van der Waals surface area contributed by atoms with E-state index in [1.54, 1.807) is 24.3 Å². The van der Waals surface area contributed by atoms with E-state index < -0.39 is 0 Å². The number of rotatable bonds is 5. The van der Waals surface area contributed by atoms with Crippen molar-refractivity contribution >= 4 is 39.9 Å².